The number of hydrogen-bond acceptors (Lipinski definition) is 5. The molecular formula is C19H27N3O5. The molecule has 1 aliphatic rings. The van der Waals surface area contributed by atoms with Gasteiger partial charge in [0.1, 0.15) is 12.6 Å². The Hall–Kier alpha value is -2.61. The summed E-state index contributed by atoms with van der Waals surface area (Å²) in [6.45, 7) is 4.14. The molecule has 1 fully saturated rings. The maximum Gasteiger partial charge on any atom is 0.408 e. The Kier molecular flexibility index (Phi) is 7.60. The van der Waals surface area contributed by atoms with Gasteiger partial charge >= 0.3 is 6.09 Å². The largest absolute Gasteiger partial charge is 0.445 e. The third kappa shape index (κ3) is 6.25. The van der Waals surface area contributed by atoms with Gasteiger partial charge in [-0.3, -0.25) is 9.59 Å². The van der Waals surface area contributed by atoms with Gasteiger partial charge in [0.25, 0.3) is 5.91 Å². The summed E-state index contributed by atoms with van der Waals surface area (Å²) in [5.74, 6) is -1.17. The van der Waals surface area contributed by atoms with Crippen LogP contribution in [0.15, 0.2) is 30.3 Å². The average molecular weight is 377 g/mol. The van der Waals surface area contributed by atoms with Crippen LogP contribution in [-0.2, 0) is 20.9 Å². The lowest BCUT2D eigenvalue weighted by atomic mass is 10.0. The number of nitrogens with one attached hydrogen (secondary N) is 3. The van der Waals surface area contributed by atoms with Crippen molar-refractivity contribution in [3.8, 4) is 0 Å². The van der Waals surface area contributed by atoms with E-state index in [4.69, 9.17) is 4.74 Å². The summed E-state index contributed by atoms with van der Waals surface area (Å²) in [4.78, 5) is 36.4. The lowest BCUT2D eigenvalue weighted by molar-refractivity contribution is -0.132. The fourth-order valence-corrected chi connectivity index (χ4v) is 2.83. The second-order valence-corrected chi connectivity index (χ2v) is 6.92. The molecule has 27 heavy (non-hydrogen) atoms. The number of carbonyl (C=O) groups is 3. The Balaban J connectivity index is 1.91. The van der Waals surface area contributed by atoms with Crippen molar-refractivity contribution in [3.63, 3.8) is 0 Å². The summed E-state index contributed by atoms with van der Waals surface area (Å²) >= 11 is 0. The van der Waals surface area contributed by atoms with E-state index in [1.54, 1.807) is 13.8 Å². The first-order chi connectivity index (χ1) is 12.9. The van der Waals surface area contributed by atoms with Crippen molar-refractivity contribution in [2.75, 3.05) is 6.54 Å². The van der Waals surface area contributed by atoms with Gasteiger partial charge in [-0.15, -0.1) is 0 Å². The number of amides is 3. The van der Waals surface area contributed by atoms with Crippen LogP contribution < -0.4 is 16.0 Å². The first kappa shape index (κ1) is 20.7. The number of hydrogen-bond donors (Lipinski definition) is 4. The fraction of sp³-hybridized carbons (Fsp3) is 0.526. The molecule has 0 spiro atoms. The van der Waals surface area contributed by atoms with Gasteiger partial charge in [-0.25, -0.2) is 4.79 Å². The highest BCUT2D eigenvalue weighted by molar-refractivity contribution is 5.87. The minimum Gasteiger partial charge on any atom is -0.445 e. The second kappa shape index (κ2) is 9.91. The van der Waals surface area contributed by atoms with Gasteiger partial charge in [0.05, 0.1) is 6.04 Å². The number of benzene rings is 1. The molecule has 1 aromatic carbocycles. The van der Waals surface area contributed by atoms with Gasteiger partial charge in [0, 0.05) is 6.54 Å². The summed E-state index contributed by atoms with van der Waals surface area (Å²) in [7, 11) is 0. The Morgan fingerprint density at radius 2 is 2.00 bits per heavy atom. The van der Waals surface area contributed by atoms with Crippen LogP contribution in [0, 0.1) is 5.92 Å². The summed E-state index contributed by atoms with van der Waals surface area (Å²) in [6, 6.07) is 7.68. The van der Waals surface area contributed by atoms with E-state index in [1.807, 2.05) is 30.3 Å². The molecule has 1 heterocycles. The molecule has 0 aliphatic carbocycles. The maximum atomic E-state index is 12.6. The highest BCUT2D eigenvalue weighted by Crippen LogP contribution is 2.10. The Labute approximate surface area is 158 Å². The van der Waals surface area contributed by atoms with Crippen LogP contribution in [0.4, 0.5) is 4.79 Å². The number of rotatable bonds is 6. The van der Waals surface area contributed by atoms with Crippen LogP contribution in [0.25, 0.3) is 0 Å². The zero-order valence-electron chi connectivity index (χ0n) is 15.6. The first-order valence-corrected chi connectivity index (χ1v) is 9.12. The molecule has 1 aromatic rings. The summed E-state index contributed by atoms with van der Waals surface area (Å²) in [5.41, 5.74) is 0.839. The molecule has 3 amide bonds. The highest BCUT2D eigenvalue weighted by Gasteiger charge is 2.33. The third-order valence-electron chi connectivity index (χ3n) is 4.40. The normalized spacial score (nSPS) is 21.0. The SMILES string of the molecule is CC(C)[C@H](NC(=O)OCc1ccccc1)C(=O)NC1CCCNC(=O)C1O. The van der Waals surface area contributed by atoms with Gasteiger partial charge in [-0.05, 0) is 24.3 Å². The van der Waals surface area contributed by atoms with Gasteiger partial charge < -0.3 is 25.8 Å². The zero-order valence-corrected chi connectivity index (χ0v) is 15.6. The van der Waals surface area contributed by atoms with E-state index in [9.17, 15) is 19.5 Å². The minimum atomic E-state index is -1.31. The predicted octanol–water partition coefficient (Wildman–Crippen LogP) is 0.693. The molecule has 8 heteroatoms. The van der Waals surface area contributed by atoms with Crippen molar-refractivity contribution < 1.29 is 24.2 Å². The topological polar surface area (TPSA) is 117 Å². The summed E-state index contributed by atoms with van der Waals surface area (Å²) in [5, 5.41) is 17.9. The second-order valence-electron chi connectivity index (χ2n) is 6.92. The molecular weight excluding hydrogens is 350 g/mol. The number of aliphatic hydroxyl groups excluding tert-OH is 1. The lowest BCUT2D eigenvalue weighted by Crippen LogP contribution is -2.56. The molecule has 0 saturated carbocycles. The Morgan fingerprint density at radius 1 is 1.30 bits per heavy atom. The van der Waals surface area contributed by atoms with Crippen LogP contribution in [-0.4, -0.2) is 47.7 Å². The van der Waals surface area contributed by atoms with Crippen molar-refractivity contribution in [2.24, 2.45) is 5.92 Å². The van der Waals surface area contributed by atoms with E-state index in [-0.39, 0.29) is 12.5 Å². The van der Waals surface area contributed by atoms with Gasteiger partial charge in [-0.1, -0.05) is 44.2 Å². The molecule has 1 saturated heterocycles. The van der Waals surface area contributed by atoms with Gasteiger partial charge in [0.2, 0.25) is 5.91 Å². The maximum absolute atomic E-state index is 12.6. The average Bonchev–Trinajstić information content (AvgIpc) is 2.80. The quantitative estimate of drug-likeness (QED) is 0.582. The standard InChI is InChI=1S/C19H27N3O5/c1-12(2)15(22-19(26)27-11-13-7-4-3-5-8-13)17(24)21-14-9-6-10-20-18(25)16(14)23/h3-5,7-8,12,14-16,23H,6,9-11H2,1-2H3,(H,20,25)(H,21,24)(H,22,26)/t14?,15-,16?/m0/s1. The van der Waals surface area contributed by atoms with Crippen LogP contribution in [0.5, 0.6) is 0 Å². The van der Waals surface area contributed by atoms with Gasteiger partial charge in [-0.2, -0.15) is 0 Å². The summed E-state index contributed by atoms with van der Waals surface area (Å²) < 4.78 is 5.16. The van der Waals surface area contributed by atoms with Crippen molar-refractivity contribution in [1.29, 1.82) is 0 Å². The number of ether oxygens (including phenoxy) is 1. The molecule has 2 rings (SSSR count). The van der Waals surface area contributed by atoms with Crippen molar-refractivity contribution in [1.82, 2.24) is 16.0 Å². The highest BCUT2D eigenvalue weighted by atomic mass is 16.5. The molecule has 8 nitrogen and oxygen atoms in total. The van der Waals surface area contributed by atoms with E-state index in [0.717, 1.165) is 5.56 Å². The Morgan fingerprint density at radius 3 is 2.67 bits per heavy atom. The van der Waals surface area contributed by atoms with E-state index in [2.05, 4.69) is 16.0 Å². The molecule has 1 aliphatic heterocycles. The van der Waals surface area contributed by atoms with E-state index >= 15 is 0 Å². The molecule has 0 bridgehead atoms. The number of alkyl carbamates (subject to hydrolysis) is 1. The van der Waals surface area contributed by atoms with Crippen LogP contribution in [0.3, 0.4) is 0 Å². The molecule has 0 radical (unpaired) electrons. The van der Waals surface area contributed by atoms with Crippen molar-refractivity contribution >= 4 is 17.9 Å². The lowest BCUT2D eigenvalue weighted by Gasteiger charge is -2.26. The molecule has 3 atom stereocenters. The van der Waals surface area contributed by atoms with E-state index in [0.29, 0.717) is 19.4 Å². The monoisotopic (exact) mass is 377 g/mol. The van der Waals surface area contributed by atoms with E-state index < -0.39 is 36.1 Å². The first-order valence-electron chi connectivity index (χ1n) is 9.12. The van der Waals surface area contributed by atoms with Crippen LogP contribution in [0.2, 0.25) is 0 Å². The molecule has 4 N–H and O–H groups in total. The van der Waals surface area contributed by atoms with Gasteiger partial charge in [0.15, 0.2) is 6.10 Å². The van der Waals surface area contributed by atoms with E-state index in [1.165, 1.54) is 0 Å². The molecule has 0 aromatic heterocycles. The zero-order chi connectivity index (χ0) is 19.8. The van der Waals surface area contributed by atoms with Crippen LogP contribution in [0.1, 0.15) is 32.3 Å². The smallest absolute Gasteiger partial charge is 0.408 e. The minimum absolute atomic E-state index is 0.0978. The number of aliphatic hydroxyl groups is 1. The summed E-state index contributed by atoms with van der Waals surface area (Å²) in [6.07, 6.45) is -0.900. The molecule has 2 unspecified atom stereocenters. The van der Waals surface area contributed by atoms with Crippen molar-refractivity contribution in [2.45, 2.75) is 51.5 Å². The number of carbonyl (C=O) groups excluding carboxylic acids is 3. The molecule has 148 valence electrons. The fourth-order valence-electron chi connectivity index (χ4n) is 2.83. The van der Waals surface area contributed by atoms with Crippen LogP contribution >= 0.6 is 0 Å². The Bertz CT molecular complexity index is 650. The third-order valence-corrected chi connectivity index (χ3v) is 4.40. The predicted molar refractivity (Wildman–Crippen MR) is 98.6 cm³/mol. The van der Waals surface area contributed by atoms with Crippen molar-refractivity contribution in [3.05, 3.63) is 35.9 Å².